The van der Waals surface area contributed by atoms with Crippen LogP contribution in [-0.4, -0.2) is 24.9 Å². The lowest BCUT2D eigenvalue weighted by atomic mass is 9.79. The van der Waals surface area contributed by atoms with E-state index in [4.69, 9.17) is 4.98 Å². The number of fused-ring (bicyclic) bond motifs is 2. The molecule has 0 amide bonds. The van der Waals surface area contributed by atoms with Crippen molar-refractivity contribution < 1.29 is 5.11 Å². The Balaban J connectivity index is 1.35. The van der Waals surface area contributed by atoms with Gasteiger partial charge in [-0.3, -0.25) is 4.57 Å². The number of phenols is 1. The molecule has 0 aliphatic carbocycles. The number of phenolic OH excluding ortho intramolecular Hbond substituents is 1. The predicted octanol–water partition coefficient (Wildman–Crippen LogP) is 13.6. The number of para-hydroxylation sites is 2. The van der Waals surface area contributed by atoms with Gasteiger partial charge < -0.3 is 5.11 Å². The molecule has 0 radical (unpaired) electrons. The number of aromatic hydroxyl groups is 1. The second kappa shape index (κ2) is 14.3. The molecule has 0 aliphatic rings. The Hall–Kier alpha value is -6.85. The number of aromatic nitrogens is 4. The standard InChI is InChI=1S/C53H46N4O/c1-52(2,3)39-31-44(50(58)45(32-39)53(4,5)6)51-55-49-42(25-17-27-48(49)57(51)47-26-16-15-24-41(47)35-20-11-8-12-21-35)37-28-36-22-13-14-23-40(36)43(29-37)46-30-38(33-54-56-46)34-18-9-7-10-19-34/h7-33,58H,1-6H3. The van der Waals surface area contributed by atoms with Gasteiger partial charge in [-0.25, -0.2) is 4.98 Å². The maximum atomic E-state index is 12.4. The Morgan fingerprint density at radius 1 is 0.517 bits per heavy atom. The highest BCUT2D eigenvalue weighted by Crippen LogP contribution is 2.46. The fourth-order valence-electron chi connectivity index (χ4n) is 8.06. The van der Waals surface area contributed by atoms with Gasteiger partial charge in [-0.05, 0) is 80.3 Å². The Morgan fingerprint density at radius 3 is 1.93 bits per heavy atom. The zero-order valence-electron chi connectivity index (χ0n) is 33.8. The lowest BCUT2D eigenvalue weighted by Crippen LogP contribution is -2.17. The Bertz CT molecular complexity index is 2970. The molecule has 0 fully saturated rings. The molecule has 7 aromatic carbocycles. The Morgan fingerprint density at radius 2 is 1.19 bits per heavy atom. The van der Waals surface area contributed by atoms with Crippen molar-refractivity contribution in [2.75, 3.05) is 0 Å². The van der Waals surface area contributed by atoms with Crippen LogP contribution in [-0.2, 0) is 10.8 Å². The molecule has 0 unspecified atom stereocenters. The Labute approximate surface area is 340 Å². The molecule has 0 saturated heterocycles. The first-order valence-electron chi connectivity index (χ1n) is 19.9. The van der Waals surface area contributed by atoms with Crippen molar-refractivity contribution in [3.63, 3.8) is 0 Å². The van der Waals surface area contributed by atoms with Gasteiger partial charge in [0.2, 0.25) is 0 Å². The van der Waals surface area contributed by atoms with Gasteiger partial charge in [-0.2, -0.15) is 10.2 Å². The number of benzene rings is 7. The van der Waals surface area contributed by atoms with Crippen molar-refractivity contribution in [3.05, 3.63) is 175 Å². The molecule has 5 nitrogen and oxygen atoms in total. The summed E-state index contributed by atoms with van der Waals surface area (Å²) >= 11 is 0. The van der Waals surface area contributed by atoms with Gasteiger partial charge in [0.25, 0.3) is 0 Å². The SMILES string of the molecule is CC(C)(C)c1cc(-c2nc3c(-c4cc(-c5cc(-c6ccccc6)cnn5)c5ccccc5c4)cccc3n2-c2ccccc2-c2ccccc2)c(O)c(C(C)(C)C)c1. The largest absolute Gasteiger partial charge is 0.507 e. The van der Waals surface area contributed by atoms with Crippen molar-refractivity contribution in [2.24, 2.45) is 0 Å². The summed E-state index contributed by atoms with van der Waals surface area (Å²) in [4.78, 5) is 5.59. The molecule has 0 saturated carbocycles. The number of rotatable bonds is 6. The fourth-order valence-corrected chi connectivity index (χ4v) is 8.06. The average Bonchev–Trinajstić information content (AvgIpc) is 3.62. The molecule has 58 heavy (non-hydrogen) atoms. The van der Waals surface area contributed by atoms with Gasteiger partial charge in [-0.1, -0.05) is 163 Å². The third-order valence-corrected chi connectivity index (χ3v) is 11.2. The summed E-state index contributed by atoms with van der Waals surface area (Å²) in [6.07, 6.45) is 1.82. The molecule has 0 bridgehead atoms. The summed E-state index contributed by atoms with van der Waals surface area (Å²) < 4.78 is 2.24. The summed E-state index contributed by atoms with van der Waals surface area (Å²) in [7, 11) is 0. The maximum absolute atomic E-state index is 12.4. The van der Waals surface area contributed by atoms with Crippen LogP contribution in [0.5, 0.6) is 5.75 Å². The third kappa shape index (κ3) is 6.62. The van der Waals surface area contributed by atoms with Gasteiger partial charge in [0.05, 0.1) is 34.2 Å². The molecule has 5 heteroatoms. The minimum Gasteiger partial charge on any atom is -0.507 e. The van der Waals surface area contributed by atoms with Crippen molar-refractivity contribution in [3.8, 4) is 67.5 Å². The van der Waals surface area contributed by atoms with Gasteiger partial charge in [-0.15, -0.1) is 0 Å². The molecule has 0 aliphatic heterocycles. The van der Waals surface area contributed by atoms with E-state index in [0.717, 1.165) is 83.3 Å². The number of hydrogen-bond acceptors (Lipinski definition) is 4. The van der Waals surface area contributed by atoms with Crippen LogP contribution in [0.1, 0.15) is 52.7 Å². The highest BCUT2D eigenvalue weighted by Gasteiger charge is 2.29. The molecule has 1 N–H and O–H groups in total. The van der Waals surface area contributed by atoms with E-state index < -0.39 is 0 Å². The van der Waals surface area contributed by atoms with Gasteiger partial charge in [0, 0.05) is 27.8 Å². The zero-order valence-corrected chi connectivity index (χ0v) is 33.8. The topological polar surface area (TPSA) is 63.8 Å². The van der Waals surface area contributed by atoms with E-state index in [1.165, 1.54) is 0 Å². The molecular weight excluding hydrogens is 709 g/mol. The summed E-state index contributed by atoms with van der Waals surface area (Å²) in [6.45, 7) is 13.1. The fraction of sp³-hybridized carbons (Fsp3) is 0.151. The van der Waals surface area contributed by atoms with E-state index in [9.17, 15) is 5.11 Å². The second-order valence-corrected chi connectivity index (χ2v) is 17.2. The van der Waals surface area contributed by atoms with Crippen LogP contribution in [0, 0.1) is 0 Å². The molecular formula is C53H46N4O. The predicted molar refractivity (Wildman–Crippen MR) is 240 cm³/mol. The maximum Gasteiger partial charge on any atom is 0.149 e. The van der Waals surface area contributed by atoms with Crippen LogP contribution in [0.2, 0.25) is 0 Å². The monoisotopic (exact) mass is 754 g/mol. The molecule has 284 valence electrons. The third-order valence-electron chi connectivity index (χ3n) is 11.2. The first kappa shape index (κ1) is 36.8. The first-order valence-corrected chi connectivity index (χ1v) is 19.9. The molecule has 0 spiro atoms. The van der Waals surface area contributed by atoms with E-state index in [2.05, 4.69) is 190 Å². The minimum absolute atomic E-state index is 0.172. The smallest absolute Gasteiger partial charge is 0.149 e. The number of nitrogens with zero attached hydrogens (tertiary/aromatic N) is 4. The van der Waals surface area contributed by atoms with Crippen LogP contribution in [0.15, 0.2) is 164 Å². The highest BCUT2D eigenvalue weighted by molar-refractivity contribution is 6.04. The normalized spacial score (nSPS) is 12.0. The van der Waals surface area contributed by atoms with Crippen molar-refractivity contribution in [1.29, 1.82) is 0 Å². The first-order chi connectivity index (χ1) is 28.0. The van der Waals surface area contributed by atoms with Crippen molar-refractivity contribution in [2.45, 2.75) is 52.4 Å². The zero-order chi connectivity index (χ0) is 40.2. The summed E-state index contributed by atoms with van der Waals surface area (Å²) in [6, 6.07) is 55.0. The molecule has 9 rings (SSSR count). The van der Waals surface area contributed by atoms with E-state index in [1.807, 2.05) is 30.5 Å². The summed E-state index contributed by atoms with van der Waals surface area (Å²) in [5, 5.41) is 23.7. The summed E-state index contributed by atoms with van der Waals surface area (Å²) in [5.41, 5.74) is 13.1. The Kier molecular flexibility index (Phi) is 9.04. The van der Waals surface area contributed by atoms with Crippen molar-refractivity contribution in [1.82, 2.24) is 19.7 Å². The minimum atomic E-state index is -0.313. The average molecular weight is 755 g/mol. The molecule has 2 aromatic heterocycles. The van der Waals surface area contributed by atoms with E-state index in [-0.39, 0.29) is 16.6 Å². The summed E-state index contributed by atoms with van der Waals surface area (Å²) in [5.74, 6) is 0.933. The van der Waals surface area contributed by atoms with E-state index in [1.54, 1.807) is 0 Å². The quantitative estimate of drug-likeness (QED) is 0.184. The lowest BCUT2D eigenvalue weighted by Gasteiger charge is -2.27. The van der Waals surface area contributed by atoms with E-state index in [0.29, 0.717) is 11.4 Å². The molecule has 0 atom stereocenters. The highest BCUT2D eigenvalue weighted by atomic mass is 16.3. The van der Waals surface area contributed by atoms with E-state index >= 15 is 0 Å². The molecule has 2 heterocycles. The van der Waals surface area contributed by atoms with Crippen molar-refractivity contribution >= 4 is 21.8 Å². The van der Waals surface area contributed by atoms with Crippen LogP contribution in [0.4, 0.5) is 0 Å². The van der Waals surface area contributed by atoms with Crippen LogP contribution in [0.3, 0.4) is 0 Å². The van der Waals surface area contributed by atoms with Crippen LogP contribution < -0.4 is 0 Å². The number of imidazole rings is 1. The number of hydrogen-bond donors (Lipinski definition) is 1. The lowest BCUT2D eigenvalue weighted by molar-refractivity contribution is 0.446. The second-order valence-electron chi connectivity index (χ2n) is 17.2. The van der Waals surface area contributed by atoms with Gasteiger partial charge >= 0.3 is 0 Å². The van der Waals surface area contributed by atoms with Crippen LogP contribution in [0.25, 0.3) is 83.5 Å². The van der Waals surface area contributed by atoms with Gasteiger partial charge in [0.1, 0.15) is 11.6 Å². The molecule has 9 aromatic rings. The van der Waals surface area contributed by atoms with Crippen LogP contribution >= 0.6 is 0 Å². The van der Waals surface area contributed by atoms with Gasteiger partial charge in [0.15, 0.2) is 0 Å².